The molecule has 0 amide bonds. The lowest BCUT2D eigenvalue weighted by Gasteiger charge is -2.36. The number of hydrogen-bond donors (Lipinski definition) is 1. The summed E-state index contributed by atoms with van der Waals surface area (Å²) in [5.41, 5.74) is 5.96. The lowest BCUT2D eigenvalue weighted by molar-refractivity contribution is 0.198. The number of thioether (sulfide) groups is 1. The van der Waals surface area contributed by atoms with Crippen LogP contribution < -0.4 is 5.73 Å². The number of nitrogens with zero attached hydrogens (tertiary/aromatic N) is 1. The fourth-order valence-corrected chi connectivity index (χ4v) is 4.18. The van der Waals surface area contributed by atoms with E-state index >= 15 is 0 Å². The topological polar surface area (TPSA) is 29.3 Å². The van der Waals surface area contributed by atoms with Crippen molar-refractivity contribution in [1.82, 2.24) is 4.90 Å². The monoisotopic (exact) mass is 242 g/mol. The van der Waals surface area contributed by atoms with Gasteiger partial charge in [0.2, 0.25) is 0 Å². The third-order valence-corrected chi connectivity index (χ3v) is 5.46. The molecule has 1 aliphatic carbocycles. The first-order valence-electron chi connectivity index (χ1n) is 6.87. The van der Waals surface area contributed by atoms with Gasteiger partial charge in [0.1, 0.15) is 0 Å². The van der Waals surface area contributed by atoms with Crippen LogP contribution in [0.5, 0.6) is 0 Å². The average molecular weight is 242 g/mol. The first-order chi connectivity index (χ1) is 7.78. The van der Waals surface area contributed by atoms with Crippen molar-refractivity contribution in [2.45, 2.75) is 50.3 Å². The van der Waals surface area contributed by atoms with Crippen molar-refractivity contribution in [3.63, 3.8) is 0 Å². The molecule has 1 heterocycles. The van der Waals surface area contributed by atoms with Crippen molar-refractivity contribution < 1.29 is 0 Å². The van der Waals surface area contributed by atoms with Gasteiger partial charge in [-0.05, 0) is 38.0 Å². The molecule has 1 saturated carbocycles. The van der Waals surface area contributed by atoms with Crippen LogP contribution >= 0.6 is 11.8 Å². The van der Waals surface area contributed by atoms with Crippen LogP contribution in [-0.2, 0) is 0 Å². The summed E-state index contributed by atoms with van der Waals surface area (Å²) in [7, 11) is 0. The average Bonchev–Trinajstić information content (AvgIpc) is 2.32. The van der Waals surface area contributed by atoms with Crippen LogP contribution in [0.3, 0.4) is 0 Å². The van der Waals surface area contributed by atoms with Crippen LogP contribution in [0.15, 0.2) is 0 Å². The van der Waals surface area contributed by atoms with Gasteiger partial charge in [-0.15, -0.1) is 0 Å². The highest BCUT2D eigenvalue weighted by molar-refractivity contribution is 8.00. The van der Waals surface area contributed by atoms with Gasteiger partial charge < -0.3 is 10.6 Å². The van der Waals surface area contributed by atoms with Crippen molar-refractivity contribution in [3.05, 3.63) is 0 Å². The van der Waals surface area contributed by atoms with E-state index in [0.717, 1.165) is 11.2 Å². The number of rotatable bonds is 3. The smallest absolute Gasteiger partial charge is 0.0172 e. The zero-order chi connectivity index (χ0) is 11.4. The Hall–Kier alpha value is 0.270. The van der Waals surface area contributed by atoms with Crippen molar-refractivity contribution in [2.24, 2.45) is 11.7 Å². The molecule has 2 fully saturated rings. The molecule has 94 valence electrons. The summed E-state index contributed by atoms with van der Waals surface area (Å²) in [5.74, 6) is 2.27. The fraction of sp³-hybridized carbons (Fsp3) is 1.00. The molecule has 0 radical (unpaired) electrons. The summed E-state index contributed by atoms with van der Waals surface area (Å²) >= 11 is 2.17. The van der Waals surface area contributed by atoms with Gasteiger partial charge in [-0.2, -0.15) is 11.8 Å². The second-order valence-corrected chi connectivity index (χ2v) is 6.85. The predicted molar refractivity (Wildman–Crippen MR) is 72.9 cm³/mol. The predicted octanol–water partition coefficient (Wildman–Crippen LogP) is 2.33. The maximum Gasteiger partial charge on any atom is 0.0172 e. The first-order valence-corrected chi connectivity index (χ1v) is 7.92. The van der Waals surface area contributed by atoms with Gasteiger partial charge in [-0.25, -0.2) is 0 Å². The van der Waals surface area contributed by atoms with Crippen LogP contribution in [0.2, 0.25) is 0 Å². The maximum absolute atomic E-state index is 5.96. The van der Waals surface area contributed by atoms with Crippen molar-refractivity contribution in [2.75, 3.05) is 25.4 Å². The molecule has 2 aliphatic rings. The van der Waals surface area contributed by atoms with Crippen molar-refractivity contribution >= 4 is 11.8 Å². The highest BCUT2D eigenvalue weighted by atomic mass is 32.2. The standard InChI is InChI=1S/C13H26N2S/c1-2-13-10-15(7-8-16-13)9-11-3-5-12(14)6-4-11/h11-13H,2-10,14H2,1H3. The zero-order valence-corrected chi connectivity index (χ0v) is 11.3. The van der Waals surface area contributed by atoms with Crippen LogP contribution in [0, 0.1) is 5.92 Å². The minimum absolute atomic E-state index is 0.497. The van der Waals surface area contributed by atoms with E-state index in [2.05, 4.69) is 23.6 Å². The summed E-state index contributed by atoms with van der Waals surface area (Å²) in [6.45, 7) is 6.29. The number of hydrogen-bond acceptors (Lipinski definition) is 3. The van der Waals surface area contributed by atoms with E-state index in [1.54, 1.807) is 0 Å². The Labute approximate surface area is 104 Å². The zero-order valence-electron chi connectivity index (χ0n) is 10.5. The van der Waals surface area contributed by atoms with Gasteiger partial charge in [-0.1, -0.05) is 6.92 Å². The van der Waals surface area contributed by atoms with Crippen LogP contribution in [-0.4, -0.2) is 41.6 Å². The van der Waals surface area contributed by atoms with E-state index in [1.807, 2.05) is 0 Å². The summed E-state index contributed by atoms with van der Waals surface area (Å²) in [4.78, 5) is 2.70. The Bertz CT molecular complexity index is 202. The second-order valence-electron chi connectivity index (χ2n) is 5.44. The van der Waals surface area contributed by atoms with E-state index in [9.17, 15) is 0 Å². The fourth-order valence-electron chi connectivity index (χ4n) is 2.93. The molecule has 1 atom stereocenters. The van der Waals surface area contributed by atoms with Gasteiger partial charge in [0, 0.05) is 36.7 Å². The van der Waals surface area contributed by atoms with Crippen molar-refractivity contribution in [3.8, 4) is 0 Å². The molecule has 0 aromatic carbocycles. The molecule has 0 bridgehead atoms. The molecule has 2 nitrogen and oxygen atoms in total. The molecule has 1 unspecified atom stereocenters. The highest BCUT2D eigenvalue weighted by Crippen LogP contribution is 2.27. The lowest BCUT2D eigenvalue weighted by atomic mass is 9.86. The lowest BCUT2D eigenvalue weighted by Crippen LogP contribution is -2.41. The molecule has 1 saturated heterocycles. The quantitative estimate of drug-likeness (QED) is 0.823. The summed E-state index contributed by atoms with van der Waals surface area (Å²) in [6, 6.07) is 0.497. The molecule has 0 spiro atoms. The Morgan fingerprint density at radius 1 is 1.25 bits per heavy atom. The third-order valence-electron chi connectivity index (χ3n) is 4.09. The molecule has 2 N–H and O–H groups in total. The molecule has 0 aromatic rings. The molecular formula is C13H26N2S. The molecule has 3 heteroatoms. The minimum Gasteiger partial charge on any atom is -0.328 e. The summed E-state index contributed by atoms with van der Waals surface area (Å²) in [6.07, 6.45) is 6.56. The normalized spacial score (nSPS) is 37.5. The summed E-state index contributed by atoms with van der Waals surface area (Å²) < 4.78 is 0. The molecule has 0 aromatic heterocycles. The van der Waals surface area contributed by atoms with E-state index in [0.29, 0.717) is 6.04 Å². The number of nitrogens with two attached hydrogens (primary N) is 1. The summed E-state index contributed by atoms with van der Waals surface area (Å²) in [5, 5.41) is 0.889. The van der Waals surface area contributed by atoms with E-state index in [4.69, 9.17) is 5.73 Å². The SMILES string of the molecule is CCC1CN(CC2CCC(N)CC2)CCS1. The van der Waals surface area contributed by atoms with Gasteiger partial charge in [0.15, 0.2) is 0 Å². The Morgan fingerprint density at radius 3 is 2.69 bits per heavy atom. The third kappa shape index (κ3) is 3.64. The van der Waals surface area contributed by atoms with Gasteiger partial charge in [0.05, 0.1) is 0 Å². The maximum atomic E-state index is 5.96. The van der Waals surface area contributed by atoms with Crippen molar-refractivity contribution in [1.29, 1.82) is 0 Å². The highest BCUT2D eigenvalue weighted by Gasteiger charge is 2.24. The molecule has 2 rings (SSSR count). The first kappa shape index (κ1) is 12.7. The molecule has 1 aliphatic heterocycles. The van der Waals surface area contributed by atoms with Crippen LogP contribution in [0.25, 0.3) is 0 Å². The van der Waals surface area contributed by atoms with E-state index in [1.165, 1.54) is 57.5 Å². The largest absolute Gasteiger partial charge is 0.328 e. The van der Waals surface area contributed by atoms with Gasteiger partial charge >= 0.3 is 0 Å². The second kappa shape index (κ2) is 6.27. The van der Waals surface area contributed by atoms with Gasteiger partial charge in [0.25, 0.3) is 0 Å². The minimum atomic E-state index is 0.497. The van der Waals surface area contributed by atoms with E-state index < -0.39 is 0 Å². The Balaban J connectivity index is 1.72. The van der Waals surface area contributed by atoms with Gasteiger partial charge in [-0.3, -0.25) is 0 Å². The molecular weight excluding hydrogens is 216 g/mol. The van der Waals surface area contributed by atoms with E-state index in [-0.39, 0.29) is 0 Å². The Kier molecular flexibility index (Phi) is 4.98. The molecule has 16 heavy (non-hydrogen) atoms. The Morgan fingerprint density at radius 2 is 2.00 bits per heavy atom. The van der Waals surface area contributed by atoms with Crippen LogP contribution in [0.1, 0.15) is 39.0 Å². The van der Waals surface area contributed by atoms with Crippen LogP contribution in [0.4, 0.5) is 0 Å².